The Morgan fingerprint density at radius 2 is 2.38 bits per heavy atom. The quantitative estimate of drug-likeness (QED) is 0.580. The van der Waals surface area contributed by atoms with Gasteiger partial charge in [-0.2, -0.15) is 0 Å². The molecule has 1 heterocycles. The fourth-order valence-electron chi connectivity index (χ4n) is 0.882. The lowest BCUT2D eigenvalue weighted by atomic mass is 10.2. The molecule has 0 aliphatic heterocycles. The number of nitrogens with zero attached hydrogens (tertiary/aromatic N) is 1. The Morgan fingerprint density at radius 1 is 1.69 bits per heavy atom. The van der Waals surface area contributed by atoms with Crippen LogP contribution in [0.4, 0.5) is 0 Å². The van der Waals surface area contributed by atoms with Gasteiger partial charge in [-0.05, 0) is 25.7 Å². The van der Waals surface area contributed by atoms with E-state index in [4.69, 9.17) is 0 Å². The van der Waals surface area contributed by atoms with E-state index in [1.165, 1.54) is 17.8 Å². The van der Waals surface area contributed by atoms with Crippen LogP contribution in [0.1, 0.15) is 19.5 Å². The molecule has 1 aromatic rings. The van der Waals surface area contributed by atoms with E-state index < -0.39 is 0 Å². The summed E-state index contributed by atoms with van der Waals surface area (Å²) in [6.07, 6.45) is 3.82. The third-order valence-corrected chi connectivity index (χ3v) is 2.33. The first kappa shape index (κ1) is 10.1. The minimum absolute atomic E-state index is 0.101. The maximum absolute atomic E-state index is 11.2. The summed E-state index contributed by atoms with van der Waals surface area (Å²) in [6, 6.07) is 1.51. The molecule has 1 rings (SSSR count). The molecule has 1 N–H and O–H groups in total. The zero-order chi connectivity index (χ0) is 9.84. The highest BCUT2D eigenvalue weighted by atomic mass is 32.2. The van der Waals surface area contributed by atoms with Crippen molar-refractivity contribution in [2.75, 3.05) is 6.26 Å². The van der Waals surface area contributed by atoms with Crippen LogP contribution in [0, 0.1) is 0 Å². The Kier molecular flexibility index (Phi) is 3.31. The highest BCUT2D eigenvalue weighted by Gasteiger charge is 2.00. The Hall–Kier alpha value is -1.03. The first-order valence-electron chi connectivity index (χ1n) is 3.96. The number of hydrogen-bond acceptors (Lipinski definition) is 3. The molecule has 13 heavy (non-hydrogen) atoms. The topological polar surface area (TPSA) is 45.8 Å². The Morgan fingerprint density at radius 3 is 2.92 bits per heavy atom. The van der Waals surface area contributed by atoms with Crippen LogP contribution in [0.3, 0.4) is 0 Å². The number of allylic oxidation sites excluding steroid dienone is 2. The van der Waals surface area contributed by atoms with Crippen LogP contribution in [0.2, 0.25) is 0 Å². The van der Waals surface area contributed by atoms with E-state index in [1.54, 1.807) is 0 Å². The van der Waals surface area contributed by atoms with Crippen LogP contribution in [-0.4, -0.2) is 16.2 Å². The monoisotopic (exact) mass is 196 g/mol. The normalized spacial score (nSPS) is 11.8. The molecule has 0 fully saturated rings. The van der Waals surface area contributed by atoms with Gasteiger partial charge in [-0.1, -0.05) is 17.8 Å². The van der Waals surface area contributed by atoms with Gasteiger partial charge in [0, 0.05) is 6.07 Å². The predicted octanol–water partition coefficient (Wildman–Crippen LogP) is 1.91. The summed E-state index contributed by atoms with van der Waals surface area (Å²) in [5.74, 6) is 0. The summed E-state index contributed by atoms with van der Waals surface area (Å²) < 4.78 is 0. The van der Waals surface area contributed by atoms with Crippen LogP contribution >= 0.6 is 11.8 Å². The fourth-order valence-corrected chi connectivity index (χ4v) is 1.27. The van der Waals surface area contributed by atoms with E-state index in [0.29, 0.717) is 5.16 Å². The van der Waals surface area contributed by atoms with Gasteiger partial charge in [0.05, 0.1) is 5.69 Å². The van der Waals surface area contributed by atoms with E-state index in [1.807, 2.05) is 26.2 Å². The lowest BCUT2D eigenvalue weighted by Gasteiger charge is -2.00. The molecule has 0 aromatic carbocycles. The lowest BCUT2D eigenvalue weighted by molar-refractivity contribution is 0.926. The van der Waals surface area contributed by atoms with Gasteiger partial charge in [-0.25, -0.2) is 4.98 Å². The van der Waals surface area contributed by atoms with Crippen LogP contribution in [0.15, 0.2) is 22.1 Å². The zero-order valence-electron chi connectivity index (χ0n) is 7.92. The standard InChI is InChI=1S/C9H12N2OS/c1-4-6(2)7-5-8(12)11-9(10-7)13-3/h4-5H,1-3H3,(H,10,11,12)/b6-4+. The highest BCUT2D eigenvalue weighted by molar-refractivity contribution is 7.98. The Bertz CT molecular complexity index is 381. The number of rotatable bonds is 2. The van der Waals surface area contributed by atoms with Crippen molar-refractivity contribution < 1.29 is 0 Å². The summed E-state index contributed by atoms with van der Waals surface area (Å²) >= 11 is 1.43. The van der Waals surface area contributed by atoms with E-state index in [0.717, 1.165) is 11.3 Å². The molecule has 3 nitrogen and oxygen atoms in total. The van der Waals surface area contributed by atoms with Crippen molar-refractivity contribution in [2.45, 2.75) is 19.0 Å². The third kappa shape index (κ3) is 2.45. The molecule has 0 bridgehead atoms. The molecule has 0 atom stereocenters. The van der Waals surface area contributed by atoms with Gasteiger partial charge in [0.1, 0.15) is 0 Å². The molecule has 1 aromatic heterocycles. The van der Waals surface area contributed by atoms with Gasteiger partial charge < -0.3 is 4.98 Å². The predicted molar refractivity (Wildman–Crippen MR) is 56.0 cm³/mol. The minimum atomic E-state index is -0.101. The van der Waals surface area contributed by atoms with Crippen molar-refractivity contribution in [3.05, 3.63) is 28.2 Å². The maximum Gasteiger partial charge on any atom is 0.252 e. The molecule has 0 radical (unpaired) electrons. The third-order valence-electron chi connectivity index (χ3n) is 1.75. The van der Waals surface area contributed by atoms with Crippen LogP contribution in [-0.2, 0) is 0 Å². The second kappa shape index (κ2) is 4.28. The molecule has 70 valence electrons. The Labute approximate surface area is 81.3 Å². The Balaban J connectivity index is 3.24. The number of aromatic nitrogens is 2. The van der Waals surface area contributed by atoms with Crippen molar-refractivity contribution in [3.8, 4) is 0 Å². The first-order valence-corrected chi connectivity index (χ1v) is 5.18. The van der Waals surface area contributed by atoms with E-state index in [-0.39, 0.29) is 5.56 Å². The molecule has 0 unspecified atom stereocenters. The smallest absolute Gasteiger partial charge is 0.252 e. The second-order valence-electron chi connectivity index (χ2n) is 2.61. The highest BCUT2D eigenvalue weighted by Crippen LogP contribution is 2.11. The number of aromatic amines is 1. The summed E-state index contributed by atoms with van der Waals surface area (Å²) in [7, 11) is 0. The van der Waals surface area contributed by atoms with Crippen LogP contribution < -0.4 is 5.56 Å². The molecule has 0 amide bonds. The largest absolute Gasteiger partial charge is 0.301 e. The minimum Gasteiger partial charge on any atom is -0.301 e. The van der Waals surface area contributed by atoms with Gasteiger partial charge in [0.25, 0.3) is 5.56 Å². The van der Waals surface area contributed by atoms with Crippen molar-refractivity contribution in [3.63, 3.8) is 0 Å². The van der Waals surface area contributed by atoms with E-state index in [2.05, 4.69) is 9.97 Å². The summed E-state index contributed by atoms with van der Waals surface area (Å²) in [6.45, 7) is 3.86. The van der Waals surface area contributed by atoms with Crippen molar-refractivity contribution >= 4 is 17.3 Å². The van der Waals surface area contributed by atoms with Crippen molar-refractivity contribution in [1.82, 2.24) is 9.97 Å². The molecular formula is C9H12N2OS. The SMILES string of the molecule is C/C=C(\C)c1cc(=O)[nH]c(SC)n1. The van der Waals surface area contributed by atoms with E-state index in [9.17, 15) is 4.79 Å². The van der Waals surface area contributed by atoms with Crippen LogP contribution in [0.25, 0.3) is 5.57 Å². The average molecular weight is 196 g/mol. The zero-order valence-corrected chi connectivity index (χ0v) is 8.73. The number of thioether (sulfide) groups is 1. The molecule has 0 aliphatic rings. The van der Waals surface area contributed by atoms with Crippen LogP contribution in [0.5, 0.6) is 0 Å². The summed E-state index contributed by atoms with van der Waals surface area (Å²) in [4.78, 5) is 18.1. The summed E-state index contributed by atoms with van der Waals surface area (Å²) in [5.41, 5.74) is 1.66. The summed E-state index contributed by atoms with van der Waals surface area (Å²) in [5, 5.41) is 0.656. The molecule has 0 aliphatic carbocycles. The van der Waals surface area contributed by atoms with Gasteiger partial charge in [-0.15, -0.1) is 0 Å². The van der Waals surface area contributed by atoms with Crippen molar-refractivity contribution in [1.29, 1.82) is 0 Å². The van der Waals surface area contributed by atoms with Gasteiger partial charge in [0.15, 0.2) is 5.16 Å². The maximum atomic E-state index is 11.2. The van der Waals surface area contributed by atoms with Gasteiger partial charge in [-0.3, -0.25) is 4.79 Å². The lowest BCUT2D eigenvalue weighted by Crippen LogP contribution is -2.08. The van der Waals surface area contributed by atoms with Crippen molar-refractivity contribution in [2.24, 2.45) is 0 Å². The molecule has 0 spiro atoms. The molecule has 0 saturated heterocycles. The van der Waals surface area contributed by atoms with E-state index >= 15 is 0 Å². The number of hydrogen-bond donors (Lipinski definition) is 1. The fraction of sp³-hybridized carbons (Fsp3) is 0.333. The second-order valence-corrected chi connectivity index (χ2v) is 3.41. The molecule has 0 saturated carbocycles. The molecular weight excluding hydrogens is 184 g/mol. The van der Waals surface area contributed by atoms with Gasteiger partial charge >= 0.3 is 0 Å². The number of nitrogens with one attached hydrogen (secondary N) is 1. The first-order chi connectivity index (χ1) is 6.17. The molecule has 4 heteroatoms. The van der Waals surface area contributed by atoms with Gasteiger partial charge in [0.2, 0.25) is 0 Å². The average Bonchev–Trinajstić information content (AvgIpc) is 2.15. The number of H-pyrrole nitrogens is 1.